The van der Waals surface area contributed by atoms with E-state index >= 15 is 0 Å². The summed E-state index contributed by atoms with van der Waals surface area (Å²) >= 11 is 1.67. The maximum absolute atomic E-state index is 12.5. The van der Waals surface area contributed by atoms with Crippen LogP contribution in [0.15, 0.2) is 53.7 Å². The van der Waals surface area contributed by atoms with E-state index in [4.69, 9.17) is 0 Å². The second-order valence-electron chi connectivity index (χ2n) is 8.08. The zero-order valence-electron chi connectivity index (χ0n) is 17.8. The van der Waals surface area contributed by atoms with E-state index in [0.717, 1.165) is 41.7 Å². The Morgan fingerprint density at radius 2 is 1.87 bits per heavy atom. The predicted octanol–water partition coefficient (Wildman–Crippen LogP) is 5.15. The third-order valence-corrected chi connectivity index (χ3v) is 6.77. The molecule has 1 aliphatic rings. The van der Waals surface area contributed by atoms with Gasteiger partial charge in [0.05, 0.1) is 6.04 Å². The highest BCUT2D eigenvalue weighted by Crippen LogP contribution is 2.30. The van der Waals surface area contributed by atoms with Crippen molar-refractivity contribution in [3.05, 3.63) is 71.0 Å². The van der Waals surface area contributed by atoms with E-state index in [9.17, 15) is 4.79 Å². The van der Waals surface area contributed by atoms with Crippen molar-refractivity contribution in [1.29, 1.82) is 0 Å². The van der Waals surface area contributed by atoms with Crippen molar-refractivity contribution in [2.75, 3.05) is 0 Å². The lowest BCUT2D eigenvalue weighted by Gasteiger charge is -2.26. The molecule has 1 atom stereocenters. The summed E-state index contributed by atoms with van der Waals surface area (Å²) in [4.78, 5) is 12.5. The molecule has 1 fully saturated rings. The van der Waals surface area contributed by atoms with Gasteiger partial charge in [0, 0.05) is 17.4 Å². The van der Waals surface area contributed by atoms with Gasteiger partial charge in [0.2, 0.25) is 5.91 Å². The Kier molecular flexibility index (Phi) is 6.23. The Morgan fingerprint density at radius 3 is 2.53 bits per heavy atom. The predicted molar refractivity (Wildman–Crippen MR) is 121 cm³/mol. The van der Waals surface area contributed by atoms with E-state index in [1.54, 1.807) is 11.8 Å². The van der Waals surface area contributed by atoms with Crippen LogP contribution in [0, 0.1) is 19.8 Å². The first-order valence-electron chi connectivity index (χ1n) is 10.5. The molecule has 1 heterocycles. The van der Waals surface area contributed by atoms with Crippen molar-refractivity contribution < 1.29 is 4.79 Å². The summed E-state index contributed by atoms with van der Waals surface area (Å²) in [5.74, 6) is 1.86. The van der Waals surface area contributed by atoms with E-state index in [1.807, 2.05) is 6.92 Å². The van der Waals surface area contributed by atoms with Gasteiger partial charge in [0.1, 0.15) is 0 Å². The van der Waals surface area contributed by atoms with E-state index < -0.39 is 0 Å². The van der Waals surface area contributed by atoms with Crippen LogP contribution in [0.2, 0.25) is 0 Å². The van der Waals surface area contributed by atoms with Crippen molar-refractivity contribution in [3.63, 3.8) is 0 Å². The Hall–Kier alpha value is -2.60. The van der Waals surface area contributed by atoms with Crippen molar-refractivity contribution in [3.8, 4) is 5.69 Å². The van der Waals surface area contributed by atoms with Gasteiger partial charge in [-0.15, -0.1) is 10.2 Å². The molecule has 4 rings (SSSR count). The van der Waals surface area contributed by atoms with E-state index in [2.05, 4.69) is 82.5 Å². The smallest absolute Gasteiger partial charge is 0.223 e. The average Bonchev–Trinajstić information content (AvgIpc) is 3.10. The summed E-state index contributed by atoms with van der Waals surface area (Å²) in [6, 6.07) is 16.5. The summed E-state index contributed by atoms with van der Waals surface area (Å²) in [5, 5.41) is 13.0. The molecule has 5 nitrogen and oxygen atoms in total. The molecular weight excluding hydrogens is 392 g/mol. The molecule has 1 amide bonds. The third-order valence-electron chi connectivity index (χ3n) is 5.79. The molecule has 0 saturated heterocycles. The van der Waals surface area contributed by atoms with Gasteiger partial charge >= 0.3 is 0 Å². The first-order chi connectivity index (χ1) is 14.5. The van der Waals surface area contributed by atoms with Gasteiger partial charge in [-0.2, -0.15) is 0 Å². The van der Waals surface area contributed by atoms with Crippen LogP contribution in [0.1, 0.15) is 54.7 Å². The van der Waals surface area contributed by atoms with Crippen LogP contribution in [0.3, 0.4) is 0 Å². The van der Waals surface area contributed by atoms with Crippen LogP contribution in [0.25, 0.3) is 5.69 Å². The van der Waals surface area contributed by atoms with Gasteiger partial charge in [-0.1, -0.05) is 60.1 Å². The molecule has 1 unspecified atom stereocenters. The van der Waals surface area contributed by atoms with E-state index in [-0.39, 0.29) is 17.9 Å². The minimum atomic E-state index is -0.209. The molecule has 1 N–H and O–H groups in total. The maximum atomic E-state index is 12.5. The van der Waals surface area contributed by atoms with E-state index in [0.29, 0.717) is 0 Å². The van der Waals surface area contributed by atoms with Gasteiger partial charge in [0.25, 0.3) is 0 Å². The normalized spacial score (nSPS) is 14.9. The summed E-state index contributed by atoms with van der Waals surface area (Å²) < 4.78 is 2.08. The largest absolute Gasteiger partial charge is 0.346 e. The molecule has 156 valence electrons. The van der Waals surface area contributed by atoms with Crippen molar-refractivity contribution in [2.45, 2.75) is 57.0 Å². The number of carbonyl (C=O) groups excluding carboxylic acids is 1. The monoisotopic (exact) mass is 420 g/mol. The number of nitrogens with zero attached hydrogens (tertiary/aromatic N) is 3. The molecule has 0 aliphatic heterocycles. The van der Waals surface area contributed by atoms with Crippen LogP contribution in [0.5, 0.6) is 0 Å². The van der Waals surface area contributed by atoms with Crippen LogP contribution in [-0.4, -0.2) is 20.7 Å². The maximum Gasteiger partial charge on any atom is 0.223 e. The molecule has 1 aliphatic carbocycles. The summed E-state index contributed by atoms with van der Waals surface area (Å²) in [5.41, 5.74) is 4.77. The molecule has 0 bridgehead atoms. The van der Waals surface area contributed by atoms with E-state index in [1.165, 1.54) is 16.7 Å². The molecule has 0 radical (unpaired) electrons. The molecule has 0 spiro atoms. The SMILES string of the molecule is Cc1ccc(-n2c(SCc3ccccc3C)nnc2C(C)NC(=O)C2CCC2)cc1. The number of benzene rings is 2. The van der Waals surface area contributed by atoms with Gasteiger partial charge in [0.15, 0.2) is 11.0 Å². The molecular formula is C24H28N4OS. The fraction of sp³-hybridized carbons (Fsp3) is 0.375. The Balaban J connectivity index is 1.61. The Bertz CT molecular complexity index is 1020. The van der Waals surface area contributed by atoms with Crippen LogP contribution in [-0.2, 0) is 10.5 Å². The van der Waals surface area contributed by atoms with Gasteiger partial charge in [-0.25, -0.2) is 0 Å². The summed E-state index contributed by atoms with van der Waals surface area (Å²) in [7, 11) is 0. The van der Waals surface area contributed by atoms with Crippen molar-refractivity contribution in [1.82, 2.24) is 20.1 Å². The lowest BCUT2D eigenvalue weighted by atomic mass is 9.84. The second kappa shape index (κ2) is 9.04. The van der Waals surface area contributed by atoms with Crippen molar-refractivity contribution >= 4 is 17.7 Å². The quantitative estimate of drug-likeness (QED) is 0.537. The lowest BCUT2D eigenvalue weighted by molar-refractivity contribution is -0.128. The second-order valence-corrected chi connectivity index (χ2v) is 9.03. The van der Waals surface area contributed by atoms with Gasteiger partial charge in [-0.05, 0) is 56.9 Å². The number of hydrogen-bond acceptors (Lipinski definition) is 4. The average molecular weight is 421 g/mol. The fourth-order valence-electron chi connectivity index (χ4n) is 3.57. The Labute approximate surface area is 182 Å². The molecule has 1 saturated carbocycles. The molecule has 2 aromatic carbocycles. The molecule has 3 aromatic rings. The van der Waals surface area contributed by atoms with Crippen LogP contribution >= 0.6 is 11.8 Å². The number of carbonyl (C=O) groups is 1. The number of rotatable bonds is 7. The zero-order valence-corrected chi connectivity index (χ0v) is 18.6. The van der Waals surface area contributed by atoms with Gasteiger partial charge in [-0.3, -0.25) is 9.36 Å². The van der Waals surface area contributed by atoms with Crippen molar-refractivity contribution in [2.24, 2.45) is 5.92 Å². The standard InChI is InChI=1S/C24H28N4OS/c1-16-11-13-21(14-12-16)28-22(18(3)25-23(29)19-9-6-10-19)26-27-24(28)30-15-20-8-5-4-7-17(20)2/h4-5,7-8,11-14,18-19H,6,9-10,15H2,1-3H3,(H,25,29). The number of amides is 1. The summed E-state index contributed by atoms with van der Waals surface area (Å²) in [6.07, 6.45) is 3.12. The number of hydrogen-bond donors (Lipinski definition) is 1. The van der Waals surface area contributed by atoms with Gasteiger partial charge < -0.3 is 5.32 Å². The zero-order chi connectivity index (χ0) is 21.1. The number of aromatic nitrogens is 3. The lowest BCUT2D eigenvalue weighted by Crippen LogP contribution is -2.36. The number of nitrogens with one attached hydrogen (secondary N) is 1. The molecule has 1 aromatic heterocycles. The topological polar surface area (TPSA) is 59.8 Å². The third kappa shape index (κ3) is 4.43. The first kappa shape index (κ1) is 20.7. The number of thioether (sulfide) groups is 1. The van der Waals surface area contributed by atoms with Crippen LogP contribution < -0.4 is 5.32 Å². The number of aryl methyl sites for hydroxylation is 2. The minimum Gasteiger partial charge on any atom is -0.346 e. The highest BCUT2D eigenvalue weighted by molar-refractivity contribution is 7.98. The minimum absolute atomic E-state index is 0.126. The molecule has 30 heavy (non-hydrogen) atoms. The fourth-order valence-corrected chi connectivity index (χ4v) is 4.61. The Morgan fingerprint density at radius 1 is 1.13 bits per heavy atom. The summed E-state index contributed by atoms with van der Waals surface area (Å²) in [6.45, 7) is 6.19. The highest BCUT2D eigenvalue weighted by Gasteiger charge is 2.28. The first-order valence-corrected chi connectivity index (χ1v) is 11.5. The highest BCUT2D eigenvalue weighted by atomic mass is 32.2. The molecule has 6 heteroatoms. The van der Waals surface area contributed by atoms with Crippen LogP contribution in [0.4, 0.5) is 0 Å².